The molecule has 4 rings (SSSR count). The number of carbonyl (C=O) groups excluding carboxylic acids is 2. The van der Waals surface area contributed by atoms with Gasteiger partial charge in [-0.2, -0.15) is 0 Å². The summed E-state index contributed by atoms with van der Waals surface area (Å²) in [6, 6.07) is 17.0. The van der Waals surface area contributed by atoms with E-state index >= 15 is 0 Å². The molecule has 6 nitrogen and oxygen atoms in total. The number of ether oxygens (including phenoxy) is 2. The fourth-order valence-electron chi connectivity index (χ4n) is 4.25. The second-order valence-corrected chi connectivity index (χ2v) is 7.47. The van der Waals surface area contributed by atoms with Gasteiger partial charge in [0.25, 0.3) is 0 Å². The van der Waals surface area contributed by atoms with Crippen molar-refractivity contribution in [2.75, 3.05) is 31.7 Å². The molecular weight excluding hydrogens is 368 g/mol. The van der Waals surface area contributed by atoms with E-state index < -0.39 is 0 Å². The average Bonchev–Trinajstić information content (AvgIpc) is 2.78. The van der Waals surface area contributed by atoms with Crippen LogP contribution in [0.15, 0.2) is 54.6 Å². The molecule has 152 valence electrons. The Morgan fingerprint density at radius 2 is 1.83 bits per heavy atom. The summed E-state index contributed by atoms with van der Waals surface area (Å²) in [6.07, 6.45) is 2.67. The van der Waals surface area contributed by atoms with Crippen LogP contribution in [0.5, 0.6) is 5.75 Å². The minimum Gasteiger partial charge on any atom is -0.489 e. The maximum absolute atomic E-state index is 13.5. The number of hydrogen-bond acceptors (Lipinski definition) is 5. The molecule has 2 aromatic rings. The number of rotatable bonds is 4. The number of piperidine rings is 1. The maximum Gasteiger partial charge on any atom is 0.323 e. The first kappa shape index (κ1) is 19.5. The number of anilines is 1. The smallest absolute Gasteiger partial charge is 0.323 e. The van der Waals surface area contributed by atoms with Crippen molar-refractivity contribution in [2.24, 2.45) is 0 Å². The van der Waals surface area contributed by atoms with Crippen LogP contribution >= 0.6 is 0 Å². The molecule has 0 spiro atoms. The number of para-hydroxylation sites is 2. The van der Waals surface area contributed by atoms with Crippen molar-refractivity contribution < 1.29 is 19.1 Å². The Morgan fingerprint density at radius 3 is 2.62 bits per heavy atom. The zero-order valence-electron chi connectivity index (χ0n) is 16.6. The minimum atomic E-state index is -0.357. The molecule has 2 heterocycles. The zero-order chi connectivity index (χ0) is 20.2. The van der Waals surface area contributed by atoms with E-state index in [4.69, 9.17) is 9.47 Å². The lowest BCUT2D eigenvalue weighted by Gasteiger charge is -2.40. The number of nitrogens with zero attached hydrogens (tertiary/aromatic N) is 2. The van der Waals surface area contributed by atoms with Gasteiger partial charge in [-0.15, -0.1) is 0 Å². The van der Waals surface area contributed by atoms with Crippen LogP contribution in [0.1, 0.15) is 30.9 Å². The molecule has 1 fully saturated rings. The van der Waals surface area contributed by atoms with Gasteiger partial charge in [-0.05, 0) is 37.1 Å². The molecule has 0 saturated carbocycles. The van der Waals surface area contributed by atoms with Gasteiger partial charge in [0, 0.05) is 0 Å². The van der Waals surface area contributed by atoms with Gasteiger partial charge in [0.2, 0.25) is 5.91 Å². The van der Waals surface area contributed by atoms with Gasteiger partial charge in [0.05, 0.1) is 25.4 Å². The Morgan fingerprint density at radius 1 is 1.07 bits per heavy atom. The number of benzene rings is 2. The summed E-state index contributed by atoms with van der Waals surface area (Å²) < 4.78 is 10.9. The number of esters is 1. The largest absolute Gasteiger partial charge is 0.489 e. The SMILES string of the molecule is COC(=O)C1CCCCN1CC(=O)N1c2ccccc2OCC1c1ccccc1. The molecule has 0 aliphatic carbocycles. The number of hydrogen-bond donors (Lipinski definition) is 0. The van der Waals surface area contributed by atoms with Gasteiger partial charge < -0.3 is 9.47 Å². The number of fused-ring (bicyclic) bond motifs is 1. The van der Waals surface area contributed by atoms with Crippen molar-refractivity contribution in [3.8, 4) is 5.75 Å². The van der Waals surface area contributed by atoms with Crippen LogP contribution in [0.3, 0.4) is 0 Å². The number of amides is 1. The zero-order valence-corrected chi connectivity index (χ0v) is 16.6. The van der Waals surface area contributed by atoms with Crippen LogP contribution in [0.25, 0.3) is 0 Å². The van der Waals surface area contributed by atoms with Crippen molar-refractivity contribution in [3.05, 3.63) is 60.2 Å². The summed E-state index contributed by atoms with van der Waals surface area (Å²) in [5, 5.41) is 0. The Hall–Kier alpha value is -2.86. The average molecular weight is 394 g/mol. The molecule has 2 aliphatic heterocycles. The fourth-order valence-corrected chi connectivity index (χ4v) is 4.25. The summed E-state index contributed by atoms with van der Waals surface area (Å²) in [4.78, 5) is 29.5. The molecule has 1 amide bonds. The van der Waals surface area contributed by atoms with Gasteiger partial charge in [-0.3, -0.25) is 19.4 Å². The summed E-state index contributed by atoms with van der Waals surface area (Å²) in [5.74, 6) is 0.404. The van der Waals surface area contributed by atoms with Crippen LogP contribution in [-0.4, -0.2) is 49.6 Å². The van der Waals surface area contributed by atoms with Gasteiger partial charge in [0.1, 0.15) is 18.4 Å². The highest BCUT2D eigenvalue weighted by atomic mass is 16.5. The predicted octanol–water partition coefficient (Wildman–Crippen LogP) is 3.18. The number of methoxy groups -OCH3 is 1. The third-order valence-electron chi connectivity index (χ3n) is 5.71. The Kier molecular flexibility index (Phi) is 5.81. The lowest BCUT2D eigenvalue weighted by atomic mass is 10.0. The summed E-state index contributed by atoms with van der Waals surface area (Å²) >= 11 is 0. The monoisotopic (exact) mass is 394 g/mol. The van der Waals surface area contributed by atoms with Crippen LogP contribution in [0.4, 0.5) is 5.69 Å². The standard InChI is InChI=1S/C23H26N2O4/c1-28-23(27)19-12-7-8-14-24(19)15-22(26)25-18-11-5-6-13-21(18)29-16-20(25)17-9-3-2-4-10-17/h2-6,9-11,13,19-20H,7-8,12,14-16H2,1H3. The lowest BCUT2D eigenvalue weighted by molar-refractivity contribution is -0.148. The van der Waals surface area contributed by atoms with E-state index in [-0.39, 0.29) is 30.5 Å². The first-order chi connectivity index (χ1) is 14.2. The van der Waals surface area contributed by atoms with E-state index in [9.17, 15) is 9.59 Å². The van der Waals surface area contributed by atoms with E-state index in [1.165, 1.54) is 7.11 Å². The highest BCUT2D eigenvalue weighted by molar-refractivity contribution is 5.97. The Balaban J connectivity index is 1.63. The first-order valence-electron chi connectivity index (χ1n) is 10.1. The van der Waals surface area contributed by atoms with E-state index in [1.54, 1.807) is 0 Å². The van der Waals surface area contributed by atoms with Gasteiger partial charge >= 0.3 is 5.97 Å². The van der Waals surface area contributed by atoms with Crippen molar-refractivity contribution in [2.45, 2.75) is 31.3 Å². The summed E-state index contributed by atoms with van der Waals surface area (Å²) in [7, 11) is 1.40. The first-order valence-corrected chi connectivity index (χ1v) is 10.1. The molecule has 6 heteroatoms. The molecule has 2 atom stereocenters. The number of carbonyl (C=O) groups is 2. The minimum absolute atomic E-state index is 0.0367. The van der Waals surface area contributed by atoms with Crippen molar-refractivity contribution in [3.63, 3.8) is 0 Å². The molecule has 1 saturated heterocycles. The van der Waals surface area contributed by atoms with Gasteiger partial charge in [-0.1, -0.05) is 48.9 Å². The quantitative estimate of drug-likeness (QED) is 0.746. The van der Waals surface area contributed by atoms with Crippen LogP contribution in [0, 0.1) is 0 Å². The van der Waals surface area contributed by atoms with E-state index in [0.29, 0.717) is 18.9 Å². The number of likely N-dealkylation sites (tertiary alicyclic amines) is 1. The Bertz CT molecular complexity index is 870. The molecule has 2 aromatic carbocycles. The molecule has 2 unspecified atom stereocenters. The van der Waals surface area contributed by atoms with Crippen LogP contribution in [0.2, 0.25) is 0 Å². The van der Waals surface area contributed by atoms with Crippen LogP contribution < -0.4 is 9.64 Å². The normalized spacial score (nSPS) is 21.8. The molecule has 0 bridgehead atoms. The third-order valence-corrected chi connectivity index (χ3v) is 5.71. The van der Waals surface area contributed by atoms with E-state index in [0.717, 1.165) is 30.5 Å². The summed E-state index contributed by atoms with van der Waals surface area (Å²) in [5.41, 5.74) is 1.79. The van der Waals surface area contributed by atoms with Gasteiger partial charge in [0.15, 0.2) is 0 Å². The Labute approximate surface area is 171 Å². The fraction of sp³-hybridized carbons (Fsp3) is 0.391. The second kappa shape index (κ2) is 8.66. The highest BCUT2D eigenvalue weighted by Crippen LogP contribution is 2.39. The third kappa shape index (κ3) is 3.98. The molecule has 0 radical (unpaired) electrons. The van der Waals surface area contributed by atoms with Crippen LogP contribution in [-0.2, 0) is 14.3 Å². The summed E-state index contributed by atoms with van der Waals surface area (Å²) in [6.45, 7) is 1.29. The molecule has 29 heavy (non-hydrogen) atoms. The predicted molar refractivity (Wildman–Crippen MR) is 110 cm³/mol. The molecule has 0 N–H and O–H groups in total. The molecule has 0 aromatic heterocycles. The van der Waals surface area contributed by atoms with E-state index in [1.807, 2.05) is 64.4 Å². The maximum atomic E-state index is 13.5. The lowest BCUT2D eigenvalue weighted by Crippen LogP contribution is -2.52. The van der Waals surface area contributed by atoms with E-state index in [2.05, 4.69) is 0 Å². The van der Waals surface area contributed by atoms with Gasteiger partial charge in [-0.25, -0.2) is 0 Å². The van der Waals surface area contributed by atoms with Crippen molar-refractivity contribution in [1.29, 1.82) is 0 Å². The second-order valence-electron chi connectivity index (χ2n) is 7.47. The van der Waals surface area contributed by atoms with Crippen molar-refractivity contribution in [1.82, 2.24) is 4.90 Å². The molecular formula is C23H26N2O4. The highest BCUT2D eigenvalue weighted by Gasteiger charge is 2.37. The molecule has 2 aliphatic rings. The topological polar surface area (TPSA) is 59.1 Å². The van der Waals surface area contributed by atoms with Crippen molar-refractivity contribution >= 4 is 17.6 Å².